The highest BCUT2D eigenvalue weighted by Crippen LogP contribution is 2.22. The molecule has 1 aromatic rings. The van der Waals surface area contributed by atoms with Gasteiger partial charge in [0.1, 0.15) is 5.75 Å². The van der Waals surface area contributed by atoms with Gasteiger partial charge in [-0.2, -0.15) is 0 Å². The quantitative estimate of drug-likeness (QED) is 0.789. The Morgan fingerprint density at radius 1 is 1.44 bits per heavy atom. The summed E-state index contributed by atoms with van der Waals surface area (Å²) in [7, 11) is 1.55. The molecule has 0 atom stereocenters. The van der Waals surface area contributed by atoms with E-state index in [1.54, 1.807) is 25.3 Å². The van der Waals surface area contributed by atoms with Gasteiger partial charge in [-0.1, -0.05) is 13.3 Å². The fourth-order valence-electron chi connectivity index (χ4n) is 1.94. The van der Waals surface area contributed by atoms with E-state index in [1.165, 1.54) is 0 Å². The normalized spacial score (nSPS) is 11.1. The number of methoxy groups -OCH3 is 1. The molecule has 0 fully saturated rings. The first-order valence-electron chi connectivity index (χ1n) is 6.15. The van der Waals surface area contributed by atoms with E-state index in [-0.39, 0.29) is 11.4 Å². The summed E-state index contributed by atoms with van der Waals surface area (Å²) in [5, 5.41) is 3.00. The maximum atomic E-state index is 12.1. The third-order valence-corrected chi connectivity index (χ3v) is 2.82. The molecule has 4 heteroatoms. The van der Waals surface area contributed by atoms with Crippen molar-refractivity contribution >= 4 is 11.6 Å². The lowest BCUT2D eigenvalue weighted by molar-refractivity contribution is 0.0909. The van der Waals surface area contributed by atoms with Gasteiger partial charge in [-0.15, -0.1) is 0 Å². The summed E-state index contributed by atoms with van der Waals surface area (Å²) in [6, 6.07) is 5.06. The van der Waals surface area contributed by atoms with Crippen molar-refractivity contribution in [3.8, 4) is 5.75 Å². The molecule has 3 N–H and O–H groups in total. The van der Waals surface area contributed by atoms with Crippen LogP contribution in [0.4, 0.5) is 5.69 Å². The van der Waals surface area contributed by atoms with E-state index >= 15 is 0 Å². The number of nitrogens with two attached hydrogens (primary N) is 1. The van der Waals surface area contributed by atoms with Crippen LogP contribution in [-0.4, -0.2) is 18.6 Å². The number of rotatable bonds is 5. The zero-order chi connectivity index (χ0) is 13.8. The van der Waals surface area contributed by atoms with Crippen molar-refractivity contribution in [1.29, 1.82) is 0 Å². The summed E-state index contributed by atoms with van der Waals surface area (Å²) in [4.78, 5) is 12.1. The Balaban J connectivity index is 2.82. The molecule has 0 saturated heterocycles. The van der Waals surface area contributed by atoms with E-state index in [0.717, 1.165) is 12.8 Å². The smallest absolute Gasteiger partial charge is 0.251 e. The maximum absolute atomic E-state index is 12.1. The van der Waals surface area contributed by atoms with Crippen LogP contribution in [0.15, 0.2) is 18.2 Å². The molecule has 0 spiro atoms. The van der Waals surface area contributed by atoms with Crippen molar-refractivity contribution < 1.29 is 9.53 Å². The number of hydrogen-bond donors (Lipinski definition) is 2. The van der Waals surface area contributed by atoms with E-state index in [1.807, 2.05) is 13.8 Å². The van der Waals surface area contributed by atoms with Gasteiger partial charge in [-0.25, -0.2) is 0 Å². The molecule has 0 aliphatic rings. The first-order chi connectivity index (χ1) is 8.39. The van der Waals surface area contributed by atoms with E-state index in [9.17, 15) is 4.79 Å². The van der Waals surface area contributed by atoms with Crippen molar-refractivity contribution in [3.63, 3.8) is 0 Å². The molecule has 1 aromatic carbocycles. The van der Waals surface area contributed by atoms with Gasteiger partial charge in [0, 0.05) is 11.1 Å². The topological polar surface area (TPSA) is 64.3 Å². The second-order valence-corrected chi connectivity index (χ2v) is 5.04. The van der Waals surface area contributed by atoms with E-state index < -0.39 is 0 Å². The highest BCUT2D eigenvalue weighted by atomic mass is 16.5. The number of ether oxygens (including phenoxy) is 1. The van der Waals surface area contributed by atoms with Gasteiger partial charge in [-0.3, -0.25) is 4.79 Å². The molecule has 1 amide bonds. The van der Waals surface area contributed by atoms with Gasteiger partial charge in [-0.05, 0) is 38.5 Å². The minimum absolute atomic E-state index is 0.109. The van der Waals surface area contributed by atoms with Crippen LogP contribution < -0.4 is 15.8 Å². The van der Waals surface area contributed by atoms with Gasteiger partial charge in [0.05, 0.1) is 12.8 Å². The number of nitrogens with one attached hydrogen (secondary N) is 1. The fourth-order valence-corrected chi connectivity index (χ4v) is 1.94. The molecule has 0 saturated carbocycles. The average Bonchev–Trinajstić information content (AvgIpc) is 2.28. The summed E-state index contributed by atoms with van der Waals surface area (Å²) in [6.45, 7) is 6.13. The van der Waals surface area contributed by atoms with Crippen LogP contribution in [0.5, 0.6) is 5.75 Å². The summed E-state index contributed by atoms with van der Waals surface area (Å²) in [5.74, 6) is 0.474. The summed E-state index contributed by atoms with van der Waals surface area (Å²) in [5.41, 5.74) is 6.60. The van der Waals surface area contributed by atoms with Crippen molar-refractivity contribution in [3.05, 3.63) is 23.8 Å². The molecule has 100 valence electrons. The van der Waals surface area contributed by atoms with Crippen LogP contribution in [0, 0.1) is 0 Å². The number of carbonyl (C=O) groups is 1. The fraction of sp³-hybridized carbons (Fsp3) is 0.500. The summed E-state index contributed by atoms with van der Waals surface area (Å²) < 4.78 is 5.06. The lowest BCUT2D eigenvalue weighted by Gasteiger charge is -2.25. The molecule has 0 aromatic heterocycles. The zero-order valence-corrected chi connectivity index (χ0v) is 11.5. The van der Waals surface area contributed by atoms with E-state index in [4.69, 9.17) is 10.5 Å². The average molecular weight is 250 g/mol. The minimum Gasteiger partial charge on any atom is -0.495 e. The van der Waals surface area contributed by atoms with Gasteiger partial charge in [0.25, 0.3) is 5.91 Å². The standard InChI is InChI=1S/C14H22N2O2/c1-5-8-14(2,3)16-13(17)10-6-7-12(18-4)11(15)9-10/h6-7,9H,5,8,15H2,1-4H3,(H,16,17). The van der Waals surface area contributed by atoms with Gasteiger partial charge in [0.2, 0.25) is 0 Å². The van der Waals surface area contributed by atoms with E-state index in [2.05, 4.69) is 12.2 Å². The summed E-state index contributed by atoms with van der Waals surface area (Å²) >= 11 is 0. The first-order valence-corrected chi connectivity index (χ1v) is 6.15. The number of anilines is 1. The summed E-state index contributed by atoms with van der Waals surface area (Å²) in [6.07, 6.45) is 1.96. The first kappa shape index (κ1) is 14.4. The minimum atomic E-state index is -0.208. The Morgan fingerprint density at radius 2 is 2.11 bits per heavy atom. The number of nitrogen functional groups attached to an aromatic ring is 1. The monoisotopic (exact) mass is 250 g/mol. The lowest BCUT2D eigenvalue weighted by atomic mass is 9.98. The molecule has 0 aliphatic carbocycles. The van der Waals surface area contributed by atoms with Crippen LogP contribution in [0.25, 0.3) is 0 Å². The van der Waals surface area contributed by atoms with Gasteiger partial charge >= 0.3 is 0 Å². The highest BCUT2D eigenvalue weighted by Gasteiger charge is 2.20. The molecule has 0 bridgehead atoms. The molecule has 1 rings (SSSR count). The number of benzene rings is 1. The van der Waals surface area contributed by atoms with Gasteiger partial charge in [0.15, 0.2) is 0 Å². The highest BCUT2D eigenvalue weighted by molar-refractivity contribution is 5.95. The molecule has 0 unspecified atom stereocenters. The van der Waals surface area contributed by atoms with E-state index in [0.29, 0.717) is 17.0 Å². The zero-order valence-electron chi connectivity index (χ0n) is 11.5. The molecule has 4 nitrogen and oxygen atoms in total. The van der Waals surface area contributed by atoms with Crippen LogP contribution >= 0.6 is 0 Å². The van der Waals surface area contributed by atoms with Gasteiger partial charge < -0.3 is 15.8 Å². The molecular formula is C14H22N2O2. The van der Waals surface area contributed by atoms with Crippen molar-refractivity contribution in [1.82, 2.24) is 5.32 Å². The van der Waals surface area contributed by atoms with Crippen molar-refractivity contribution in [2.45, 2.75) is 39.2 Å². The molecule has 0 heterocycles. The molecule has 0 aliphatic heterocycles. The predicted octanol–water partition coefficient (Wildman–Crippen LogP) is 2.59. The number of hydrogen-bond acceptors (Lipinski definition) is 3. The Kier molecular flexibility index (Phi) is 4.59. The largest absolute Gasteiger partial charge is 0.495 e. The maximum Gasteiger partial charge on any atom is 0.251 e. The van der Waals surface area contributed by atoms with Crippen LogP contribution in [0.2, 0.25) is 0 Å². The second-order valence-electron chi connectivity index (χ2n) is 5.04. The van der Waals surface area contributed by atoms with Crippen LogP contribution in [0.1, 0.15) is 44.0 Å². The van der Waals surface area contributed by atoms with Crippen LogP contribution in [0.3, 0.4) is 0 Å². The third-order valence-electron chi connectivity index (χ3n) is 2.82. The molecular weight excluding hydrogens is 228 g/mol. The molecule has 18 heavy (non-hydrogen) atoms. The Bertz CT molecular complexity index is 428. The third kappa shape index (κ3) is 3.65. The van der Waals surface area contributed by atoms with Crippen molar-refractivity contribution in [2.24, 2.45) is 0 Å². The lowest BCUT2D eigenvalue weighted by Crippen LogP contribution is -2.43. The van der Waals surface area contributed by atoms with Crippen LogP contribution in [-0.2, 0) is 0 Å². The Morgan fingerprint density at radius 3 is 2.61 bits per heavy atom. The second kappa shape index (κ2) is 5.76. The SMILES string of the molecule is CCCC(C)(C)NC(=O)c1ccc(OC)c(N)c1. The molecule has 0 radical (unpaired) electrons. The van der Waals surface area contributed by atoms with Crippen molar-refractivity contribution in [2.75, 3.05) is 12.8 Å². The number of carbonyl (C=O) groups excluding carboxylic acids is 1. The predicted molar refractivity (Wildman–Crippen MR) is 73.9 cm³/mol. The Labute approximate surface area is 109 Å². The Hall–Kier alpha value is -1.71. The number of amides is 1.